The first-order chi connectivity index (χ1) is 18.3. The number of amides is 1. The zero-order valence-electron chi connectivity index (χ0n) is 23.9. The van der Waals surface area contributed by atoms with Gasteiger partial charge in [0.15, 0.2) is 5.78 Å². The number of hydrogen-bond acceptors (Lipinski definition) is 4. The zero-order chi connectivity index (χ0) is 28.5. The van der Waals surface area contributed by atoms with Crippen molar-refractivity contribution < 1.29 is 14.3 Å². The van der Waals surface area contributed by atoms with E-state index in [1.165, 1.54) is 7.05 Å². The summed E-state index contributed by atoms with van der Waals surface area (Å²) in [4.78, 5) is 26.2. The molecule has 0 spiro atoms. The molecule has 0 saturated heterocycles. The van der Waals surface area contributed by atoms with Crippen LogP contribution < -0.4 is 15.7 Å². The number of aromatic nitrogens is 2. The smallest absolute Gasteiger partial charge is 0.410 e. The van der Waals surface area contributed by atoms with Crippen LogP contribution in [0.4, 0.5) is 4.79 Å². The van der Waals surface area contributed by atoms with E-state index in [0.29, 0.717) is 17.9 Å². The Hall–Kier alpha value is -4.13. The average molecular weight is 527 g/mol. The summed E-state index contributed by atoms with van der Waals surface area (Å²) >= 11 is 0. The minimum Gasteiger partial charge on any atom is -0.410 e. The number of hydrogen-bond donors (Lipinski definition) is 2. The van der Waals surface area contributed by atoms with E-state index in [1.54, 1.807) is 4.57 Å². The van der Waals surface area contributed by atoms with E-state index in [0.717, 1.165) is 27.7 Å². The fraction of sp³-hybridized carbons (Fsp3) is 0.344. The minimum absolute atomic E-state index is 0.0178. The van der Waals surface area contributed by atoms with Gasteiger partial charge in [0.1, 0.15) is 5.75 Å². The van der Waals surface area contributed by atoms with Crippen LogP contribution in [0, 0.1) is 5.41 Å². The van der Waals surface area contributed by atoms with Gasteiger partial charge in [-0.3, -0.25) is 10.2 Å². The molecule has 0 aliphatic carbocycles. The number of Topliss-reactive ketones (excluding diaryl/α,β-unsaturated/α-hetero) is 1. The van der Waals surface area contributed by atoms with E-state index >= 15 is 0 Å². The van der Waals surface area contributed by atoms with Crippen LogP contribution >= 0.6 is 0 Å². The van der Waals surface area contributed by atoms with Crippen LogP contribution in [-0.2, 0) is 23.9 Å². The van der Waals surface area contributed by atoms with Crippen LogP contribution in [0.15, 0.2) is 66.7 Å². The lowest BCUT2D eigenvalue weighted by Crippen LogP contribution is -2.29. The number of fused-ring (bicyclic) bond motifs is 1. The summed E-state index contributed by atoms with van der Waals surface area (Å²) in [5, 5.41) is 11.5. The third kappa shape index (κ3) is 5.82. The molecule has 0 fully saturated rings. The Balaban J connectivity index is 1.82. The summed E-state index contributed by atoms with van der Waals surface area (Å²) in [6.45, 7) is 12.8. The Morgan fingerprint density at radius 1 is 0.821 bits per heavy atom. The Morgan fingerprint density at radius 2 is 1.33 bits per heavy atom. The number of ketones is 1. The first-order valence-corrected chi connectivity index (χ1v) is 13.2. The van der Waals surface area contributed by atoms with Gasteiger partial charge in [0.05, 0.1) is 24.1 Å². The largest absolute Gasteiger partial charge is 0.412 e. The van der Waals surface area contributed by atoms with E-state index in [-0.39, 0.29) is 28.8 Å². The lowest BCUT2D eigenvalue weighted by atomic mass is 9.78. The quantitative estimate of drug-likeness (QED) is 0.295. The molecular formula is C32H38N4O3. The third-order valence-corrected chi connectivity index (χ3v) is 6.89. The molecule has 39 heavy (non-hydrogen) atoms. The van der Waals surface area contributed by atoms with Crippen LogP contribution in [0.25, 0.3) is 11.0 Å². The second-order valence-corrected chi connectivity index (χ2v) is 11.9. The summed E-state index contributed by atoms with van der Waals surface area (Å²) in [7, 11) is 1.53. The molecule has 1 heterocycles. The minimum atomic E-state index is -0.550. The average Bonchev–Trinajstić information content (AvgIpc) is 3.13. The molecule has 4 rings (SSSR count). The summed E-state index contributed by atoms with van der Waals surface area (Å²) in [6.07, 6.45) is -0.550. The monoisotopic (exact) mass is 526 g/mol. The lowest BCUT2D eigenvalue weighted by molar-refractivity contribution is 0.0971. The van der Waals surface area contributed by atoms with Crippen molar-refractivity contribution in [1.82, 2.24) is 14.5 Å². The fourth-order valence-electron chi connectivity index (χ4n) is 4.77. The van der Waals surface area contributed by atoms with Gasteiger partial charge in [-0.2, -0.15) is 0 Å². The van der Waals surface area contributed by atoms with Gasteiger partial charge >= 0.3 is 6.09 Å². The molecule has 0 bridgehead atoms. The van der Waals surface area contributed by atoms with Crippen molar-refractivity contribution in [3.05, 3.63) is 94.6 Å². The molecule has 2 N–H and O–H groups in total. The highest BCUT2D eigenvalue weighted by atomic mass is 16.6. The zero-order valence-corrected chi connectivity index (χ0v) is 23.9. The van der Waals surface area contributed by atoms with E-state index in [2.05, 4.69) is 5.32 Å². The Bertz CT molecular complexity index is 1550. The van der Waals surface area contributed by atoms with Crippen molar-refractivity contribution in [3.63, 3.8) is 0 Å². The molecule has 0 aliphatic rings. The highest BCUT2D eigenvalue weighted by Crippen LogP contribution is 2.41. The summed E-state index contributed by atoms with van der Waals surface area (Å²) in [5.41, 5.74) is 4.40. The number of carbonyl (C=O) groups excluding carboxylic acids is 2. The molecule has 204 valence electrons. The Morgan fingerprint density at radius 3 is 1.85 bits per heavy atom. The Kier molecular flexibility index (Phi) is 7.55. The Labute approximate surface area is 229 Å². The maximum Gasteiger partial charge on any atom is 0.412 e. The number of nitrogens with zero attached hydrogens (tertiary/aromatic N) is 2. The molecule has 7 heteroatoms. The van der Waals surface area contributed by atoms with Crippen molar-refractivity contribution >= 4 is 22.9 Å². The van der Waals surface area contributed by atoms with E-state index < -0.39 is 6.09 Å². The second kappa shape index (κ2) is 10.6. The fourth-order valence-corrected chi connectivity index (χ4v) is 4.77. The summed E-state index contributed by atoms with van der Waals surface area (Å²) < 4.78 is 9.47. The number of benzene rings is 3. The molecule has 0 radical (unpaired) electrons. The van der Waals surface area contributed by atoms with E-state index in [1.807, 2.05) is 113 Å². The van der Waals surface area contributed by atoms with Gasteiger partial charge in [-0.1, -0.05) is 84.0 Å². The number of rotatable bonds is 6. The van der Waals surface area contributed by atoms with Gasteiger partial charge < -0.3 is 19.2 Å². The maximum absolute atomic E-state index is 13.9. The molecule has 0 atom stereocenters. The number of para-hydroxylation sites is 2. The normalized spacial score (nSPS) is 12.0. The van der Waals surface area contributed by atoms with Crippen molar-refractivity contribution in [2.45, 2.75) is 65.5 Å². The number of imidazole rings is 1. The van der Waals surface area contributed by atoms with E-state index in [4.69, 9.17) is 10.1 Å². The molecule has 0 saturated carbocycles. The van der Waals surface area contributed by atoms with Crippen LogP contribution in [0.2, 0.25) is 0 Å². The highest BCUT2D eigenvalue weighted by molar-refractivity contribution is 5.97. The first kappa shape index (κ1) is 27.9. The molecular weight excluding hydrogens is 488 g/mol. The number of ether oxygens (including phenoxy) is 1. The molecule has 1 aromatic heterocycles. The standard InChI is InChI=1S/C32H38N4O3/c1-31(2,3)23-17-22(18-24(32(4,5)6)28(23)39-30(38)34-7)27(37)20-36-26-16-12-11-15-25(26)35(29(36)33)19-21-13-9-8-10-14-21/h8-18,33H,19-20H2,1-7H3,(H,34,38). The third-order valence-electron chi connectivity index (χ3n) is 6.89. The predicted octanol–water partition coefficient (Wildman–Crippen LogP) is 6.17. The van der Waals surface area contributed by atoms with E-state index in [9.17, 15) is 9.59 Å². The SMILES string of the molecule is CNC(=O)Oc1c(C(C)(C)C)cc(C(=O)Cn2c(=N)n(Cc3ccccc3)c3ccccc32)cc1C(C)(C)C. The lowest BCUT2D eigenvalue weighted by Gasteiger charge is -2.30. The molecule has 0 aliphatic heterocycles. The van der Waals surface area contributed by atoms with Crippen LogP contribution in [0.5, 0.6) is 5.75 Å². The van der Waals surface area contributed by atoms with Crippen LogP contribution in [0.1, 0.15) is 68.6 Å². The van der Waals surface area contributed by atoms with Gasteiger partial charge in [0, 0.05) is 23.7 Å². The summed E-state index contributed by atoms with van der Waals surface area (Å²) in [5.74, 6) is 0.373. The van der Waals surface area contributed by atoms with Crippen molar-refractivity contribution in [2.24, 2.45) is 0 Å². The van der Waals surface area contributed by atoms with Crippen LogP contribution in [0.3, 0.4) is 0 Å². The number of carbonyl (C=O) groups is 2. The van der Waals surface area contributed by atoms with Crippen LogP contribution in [-0.4, -0.2) is 28.1 Å². The number of nitrogens with one attached hydrogen (secondary N) is 2. The topological polar surface area (TPSA) is 89.1 Å². The second-order valence-electron chi connectivity index (χ2n) is 11.9. The molecule has 3 aromatic carbocycles. The molecule has 7 nitrogen and oxygen atoms in total. The predicted molar refractivity (Wildman–Crippen MR) is 155 cm³/mol. The molecule has 4 aromatic rings. The summed E-state index contributed by atoms with van der Waals surface area (Å²) in [6, 6.07) is 21.5. The van der Waals surface area contributed by atoms with Crippen molar-refractivity contribution in [1.29, 1.82) is 5.41 Å². The van der Waals surface area contributed by atoms with Crippen molar-refractivity contribution in [3.8, 4) is 5.75 Å². The van der Waals surface area contributed by atoms with Gasteiger partial charge in [-0.05, 0) is 40.7 Å². The van der Waals surface area contributed by atoms with Crippen molar-refractivity contribution in [2.75, 3.05) is 7.05 Å². The van der Waals surface area contributed by atoms with Gasteiger partial charge in [0.2, 0.25) is 5.62 Å². The first-order valence-electron chi connectivity index (χ1n) is 13.2. The highest BCUT2D eigenvalue weighted by Gasteiger charge is 2.30. The van der Waals surface area contributed by atoms with Gasteiger partial charge in [0.25, 0.3) is 0 Å². The van der Waals surface area contributed by atoms with Gasteiger partial charge in [-0.15, -0.1) is 0 Å². The van der Waals surface area contributed by atoms with Gasteiger partial charge in [-0.25, -0.2) is 4.79 Å². The molecule has 1 amide bonds. The molecule has 0 unspecified atom stereocenters. The maximum atomic E-state index is 13.9.